The molecule has 0 bridgehead atoms. The van der Waals surface area contributed by atoms with Crippen LogP contribution in [-0.2, 0) is 11.3 Å². The van der Waals surface area contributed by atoms with E-state index < -0.39 is 5.78 Å². The number of benzene rings is 1. The second-order valence-electron chi connectivity index (χ2n) is 3.35. The van der Waals surface area contributed by atoms with Gasteiger partial charge in [-0.25, -0.2) is 0 Å². The highest BCUT2D eigenvalue weighted by molar-refractivity contribution is 6.03. The fourth-order valence-electron chi connectivity index (χ4n) is 1.65. The van der Waals surface area contributed by atoms with Crippen LogP contribution in [0.2, 0.25) is 0 Å². The van der Waals surface area contributed by atoms with Crippen molar-refractivity contribution < 1.29 is 9.59 Å². The van der Waals surface area contributed by atoms with Crippen molar-refractivity contribution in [2.45, 2.75) is 6.54 Å². The fraction of sp³-hybridized carbons (Fsp3) is 0.182. The average Bonchev–Trinajstić information content (AvgIpc) is 2.57. The van der Waals surface area contributed by atoms with Crippen LogP contribution in [0.5, 0.6) is 0 Å². The van der Waals surface area contributed by atoms with Crippen LogP contribution < -0.4 is 0 Å². The fourth-order valence-corrected chi connectivity index (χ4v) is 1.65. The van der Waals surface area contributed by atoms with Crippen molar-refractivity contribution in [1.29, 1.82) is 5.26 Å². The zero-order valence-electron chi connectivity index (χ0n) is 7.93. The molecule has 0 unspecified atom stereocenters. The van der Waals surface area contributed by atoms with Crippen LogP contribution in [0.25, 0.3) is 0 Å². The third kappa shape index (κ3) is 1.59. The number of rotatable bonds is 2. The van der Waals surface area contributed by atoms with E-state index in [1.54, 1.807) is 12.1 Å². The summed E-state index contributed by atoms with van der Waals surface area (Å²) in [4.78, 5) is 24.0. The molecule has 0 radical (unpaired) electrons. The molecular formula is C11H8N2O2. The summed E-state index contributed by atoms with van der Waals surface area (Å²) in [5, 5.41) is 8.36. The summed E-state index contributed by atoms with van der Waals surface area (Å²) in [6, 6.07) is 8.72. The van der Waals surface area contributed by atoms with Gasteiger partial charge in [0.05, 0.1) is 6.54 Å². The first kappa shape index (κ1) is 9.41. The normalized spacial score (nSPS) is 13.5. The van der Waals surface area contributed by atoms with Crippen molar-refractivity contribution in [3.8, 4) is 6.07 Å². The van der Waals surface area contributed by atoms with Crippen molar-refractivity contribution in [2.75, 3.05) is 6.54 Å². The van der Waals surface area contributed by atoms with E-state index in [0.29, 0.717) is 12.1 Å². The summed E-state index contributed by atoms with van der Waals surface area (Å²) in [6.07, 6.45) is 0. The van der Waals surface area contributed by atoms with Crippen LogP contribution >= 0.6 is 0 Å². The lowest BCUT2D eigenvalue weighted by molar-refractivity contribution is -0.114. The Morgan fingerprint density at radius 2 is 2.20 bits per heavy atom. The molecular weight excluding hydrogens is 192 g/mol. The van der Waals surface area contributed by atoms with Gasteiger partial charge in [-0.15, -0.1) is 0 Å². The van der Waals surface area contributed by atoms with E-state index in [0.717, 1.165) is 5.56 Å². The average molecular weight is 200 g/mol. The Kier molecular flexibility index (Phi) is 2.22. The lowest BCUT2D eigenvalue weighted by Crippen LogP contribution is -2.29. The molecule has 1 aliphatic rings. The highest BCUT2D eigenvalue weighted by atomic mass is 16.2. The largest absolute Gasteiger partial charge is 0.326 e. The van der Waals surface area contributed by atoms with Gasteiger partial charge < -0.3 is 4.90 Å². The van der Waals surface area contributed by atoms with Gasteiger partial charge in [0.2, 0.25) is 0 Å². The van der Waals surface area contributed by atoms with Gasteiger partial charge >= 0.3 is 0 Å². The first-order valence-electron chi connectivity index (χ1n) is 4.52. The molecule has 0 saturated heterocycles. The molecule has 0 fully saturated rings. The molecule has 0 aliphatic carbocycles. The SMILES string of the molecule is N#CC(=O)CN1Cc2ccccc2C1=O. The third-order valence-corrected chi connectivity index (χ3v) is 2.36. The van der Waals surface area contributed by atoms with Crippen molar-refractivity contribution in [2.24, 2.45) is 0 Å². The molecule has 0 atom stereocenters. The second-order valence-corrected chi connectivity index (χ2v) is 3.35. The zero-order chi connectivity index (χ0) is 10.8. The number of hydrogen-bond donors (Lipinski definition) is 0. The number of nitrogens with zero attached hydrogens (tertiary/aromatic N) is 2. The molecule has 1 aromatic carbocycles. The predicted molar refractivity (Wildman–Crippen MR) is 51.8 cm³/mol. The Hall–Kier alpha value is -2.15. The standard InChI is InChI=1S/C11H8N2O2/c12-5-9(14)7-13-6-8-3-1-2-4-10(8)11(13)15/h1-4H,6-7H2. The van der Waals surface area contributed by atoms with Gasteiger partial charge in [-0.05, 0) is 11.6 Å². The Bertz CT molecular complexity index is 474. The molecule has 4 nitrogen and oxygen atoms in total. The lowest BCUT2D eigenvalue weighted by atomic mass is 10.1. The van der Waals surface area contributed by atoms with Gasteiger partial charge in [-0.2, -0.15) is 5.26 Å². The maximum atomic E-state index is 11.7. The van der Waals surface area contributed by atoms with E-state index >= 15 is 0 Å². The number of Topliss-reactive ketones (excluding diaryl/α,β-unsaturated/α-hetero) is 1. The quantitative estimate of drug-likeness (QED) is 0.661. The minimum absolute atomic E-state index is 0.121. The molecule has 74 valence electrons. The topological polar surface area (TPSA) is 61.2 Å². The van der Waals surface area contributed by atoms with E-state index in [-0.39, 0.29) is 12.5 Å². The summed E-state index contributed by atoms with van der Waals surface area (Å²) in [5.41, 5.74) is 1.54. The van der Waals surface area contributed by atoms with Crippen molar-refractivity contribution in [3.05, 3.63) is 35.4 Å². The first-order chi connectivity index (χ1) is 7.22. The minimum atomic E-state index is -0.587. The summed E-state index contributed by atoms with van der Waals surface area (Å²) in [6.45, 7) is 0.298. The van der Waals surface area contributed by atoms with Crippen LogP contribution in [-0.4, -0.2) is 23.1 Å². The zero-order valence-corrected chi connectivity index (χ0v) is 7.93. The van der Waals surface area contributed by atoms with E-state index in [1.165, 1.54) is 11.0 Å². The van der Waals surface area contributed by atoms with Gasteiger partial charge in [0, 0.05) is 12.1 Å². The third-order valence-electron chi connectivity index (χ3n) is 2.36. The Morgan fingerprint density at radius 3 is 2.87 bits per heavy atom. The summed E-state index contributed by atoms with van der Waals surface area (Å²) in [7, 11) is 0. The number of fused-ring (bicyclic) bond motifs is 1. The van der Waals surface area contributed by atoms with Gasteiger partial charge in [-0.3, -0.25) is 9.59 Å². The molecule has 1 amide bonds. The van der Waals surface area contributed by atoms with Crippen molar-refractivity contribution in [1.82, 2.24) is 4.90 Å². The second kappa shape index (κ2) is 3.54. The number of hydrogen-bond acceptors (Lipinski definition) is 3. The molecule has 1 heterocycles. The Balaban J connectivity index is 2.21. The maximum Gasteiger partial charge on any atom is 0.254 e. The van der Waals surface area contributed by atoms with E-state index in [9.17, 15) is 9.59 Å². The lowest BCUT2D eigenvalue weighted by Gasteiger charge is -2.11. The van der Waals surface area contributed by atoms with E-state index in [2.05, 4.69) is 0 Å². The smallest absolute Gasteiger partial charge is 0.254 e. The first-order valence-corrected chi connectivity index (χ1v) is 4.52. The number of ketones is 1. The van der Waals surface area contributed by atoms with Crippen LogP contribution in [0.15, 0.2) is 24.3 Å². The molecule has 0 spiro atoms. The van der Waals surface area contributed by atoms with Crippen molar-refractivity contribution in [3.63, 3.8) is 0 Å². The molecule has 2 rings (SSSR count). The summed E-state index contributed by atoms with van der Waals surface area (Å²) >= 11 is 0. The van der Waals surface area contributed by atoms with Gasteiger partial charge in [-0.1, -0.05) is 18.2 Å². The number of nitriles is 1. The molecule has 0 N–H and O–H groups in total. The molecule has 0 saturated carbocycles. The monoisotopic (exact) mass is 200 g/mol. The van der Waals surface area contributed by atoms with E-state index in [4.69, 9.17) is 5.26 Å². The van der Waals surface area contributed by atoms with Crippen LogP contribution in [0.1, 0.15) is 15.9 Å². The number of carbonyl (C=O) groups is 2. The summed E-state index contributed by atoms with van der Waals surface area (Å²) < 4.78 is 0. The summed E-state index contributed by atoms with van der Waals surface area (Å²) in [5.74, 6) is -0.759. The van der Waals surface area contributed by atoms with Crippen LogP contribution in [0.3, 0.4) is 0 Å². The van der Waals surface area contributed by atoms with Gasteiger partial charge in [0.25, 0.3) is 11.7 Å². The van der Waals surface area contributed by atoms with Gasteiger partial charge in [0.1, 0.15) is 6.07 Å². The Morgan fingerprint density at radius 1 is 1.47 bits per heavy atom. The molecule has 1 aliphatic heterocycles. The van der Waals surface area contributed by atoms with Gasteiger partial charge in [0.15, 0.2) is 0 Å². The maximum absolute atomic E-state index is 11.7. The number of amides is 1. The minimum Gasteiger partial charge on any atom is -0.326 e. The number of carbonyl (C=O) groups excluding carboxylic acids is 2. The van der Waals surface area contributed by atoms with Crippen LogP contribution in [0, 0.1) is 11.3 Å². The highest BCUT2D eigenvalue weighted by Gasteiger charge is 2.27. The van der Waals surface area contributed by atoms with Crippen LogP contribution in [0.4, 0.5) is 0 Å². The van der Waals surface area contributed by atoms with Crippen molar-refractivity contribution >= 4 is 11.7 Å². The highest BCUT2D eigenvalue weighted by Crippen LogP contribution is 2.21. The Labute approximate surface area is 86.7 Å². The predicted octanol–water partition coefficient (Wildman–Crippen LogP) is 0.735. The molecule has 4 heteroatoms. The molecule has 0 aromatic heterocycles. The molecule has 1 aromatic rings. The van der Waals surface area contributed by atoms with E-state index in [1.807, 2.05) is 12.1 Å². The molecule has 15 heavy (non-hydrogen) atoms.